The molecular weight excluding hydrogens is 216 g/mol. The summed E-state index contributed by atoms with van der Waals surface area (Å²) in [6.45, 7) is 6.03. The zero-order valence-corrected chi connectivity index (χ0v) is 11.1. The highest BCUT2D eigenvalue weighted by atomic mass is 32.1. The molecule has 3 heteroatoms. The Morgan fingerprint density at radius 1 is 1.56 bits per heavy atom. The number of hydrogen-bond acceptors (Lipinski definition) is 3. The molecule has 1 aromatic heterocycles. The van der Waals surface area contributed by atoms with Crippen LogP contribution in [0.2, 0.25) is 0 Å². The molecule has 1 rings (SSSR count). The van der Waals surface area contributed by atoms with Crippen LogP contribution in [0.5, 0.6) is 0 Å². The molecule has 0 bridgehead atoms. The Morgan fingerprint density at radius 2 is 2.31 bits per heavy atom. The Balaban J connectivity index is 2.44. The van der Waals surface area contributed by atoms with E-state index in [2.05, 4.69) is 54.5 Å². The van der Waals surface area contributed by atoms with Crippen LogP contribution < -0.4 is 5.32 Å². The maximum atomic E-state index is 5.20. The standard InChI is InChI=1S/C13H20N2S/c1-5-8-14-10-11(2)15(4)12(3)13-7-6-9-16-13/h1,6-7,9,11-12,14H,8,10H2,2-4H3. The van der Waals surface area contributed by atoms with Crippen molar-refractivity contribution in [3.05, 3.63) is 22.4 Å². The third-order valence-electron chi connectivity index (χ3n) is 2.93. The van der Waals surface area contributed by atoms with Crippen LogP contribution in [0, 0.1) is 12.3 Å². The Kier molecular flexibility index (Phi) is 5.54. The molecule has 0 spiro atoms. The van der Waals surface area contributed by atoms with Gasteiger partial charge < -0.3 is 5.32 Å². The van der Waals surface area contributed by atoms with Gasteiger partial charge in [0.15, 0.2) is 0 Å². The molecule has 1 heterocycles. The van der Waals surface area contributed by atoms with Crippen LogP contribution in [-0.2, 0) is 0 Å². The lowest BCUT2D eigenvalue weighted by Gasteiger charge is -2.30. The molecule has 0 fully saturated rings. The number of nitrogens with zero attached hydrogens (tertiary/aromatic N) is 1. The van der Waals surface area contributed by atoms with Crippen molar-refractivity contribution in [2.75, 3.05) is 20.1 Å². The highest BCUT2D eigenvalue weighted by Gasteiger charge is 2.17. The van der Waals surface area contributed by atoms with E-state index in [-0.39, 0.29) is 0 Å². The van der Waals surface area contributed by atoms with Crippen LogP contribution in [0.15, 0.2) is 17.5 Å². The van der Waals surface area contributed by atoms with E-state index in [1.54, 1.807) is 0 Å². The maximum absolute atomic E-state index is 5.20. The van der Waals surface area contributed by atoms with Crippen LogP contribution in [0.3, 0.4) is 0 Å². The lowest BCUT2D eigenvalue weighted by atomic mass is 10.2. The molecule has 0 aliphatic carbocycles. The van der Waals surface area contributed by atoms with E-state index in [0.717, 1.165) is 6.54 Å². The molecule has 0 saturated heterocycles. The predicted octanol–water partition coefficient (Wildman–Crippen LogP) is 2.35. The van der Waals surface area contributed by atoms with E-state index in [4.69, 9.17) is 6.42 Å². The second kappa shape index (κ2) is 6.70. The van der Waals surface area contributed by atoms with Crippen LogP contribution in [0.4, 0.5) is 0 Å². The Morgan fingerprint density at radius 3 is 2.88 bits per heavy atom. The second-order valence-corrected chi connectivity index (χ2v) is 5.02. The third-order valence-corrected chi connectivity index (χ3v) is 3.97. The first-order chi connectivity index (χ1) is 7.66. The number of terminal acetylenes is 1. The monoisotopic (exact) mass is 236 g/mol. The van der Waals surface area contributed by atoms with Crippen molar-refractivity contribution in [3.8, 4) is 12.3 Å². The molecule has 0 amide bonds. The van der Waals surface area contributed by atoms with Gasteiger partial charge in [-0.1, -0.05) is 12.0 Å². The van der Waals surface area contributed by atoms with Gasteiger partial charge in [-0.25, -0.2) is 0 Å². The summed E-state index contributed by atoms with van der Waals surface area (Å²) in [5.41, 5.74) is 0. The molecule has 0 saturated carbocycles. The van der Waals surface area contributed by atoms with Crippen molar-refractivity contribution in [2.45, 2.75) is 25.9 Å². The van der Waals surface area contributed by atoms with E-state index in [1.165, 1.54) is 4.88 Å². The minimum Gasteiger partial charge on any atom is -0.305 e. The number of likely N-dealkylation sites (N-methyl/N-ethyl adjacent to an activating group) is 1. The molecule has 88 valence electrons. The van der Waals surface area contributed by atoms with Gasteiger partial charge in [-0.2, -0.15) is 0 Å². The highest BCUT2D eigenvalue weighted by molar-refractivity contribution is 7.10. The summed E-state index contributed by atoms with van der Waals surface area (Å²) < 4.78 is 0. The molecule has 2 atom stereocenters. The predicted molar refractivity (Wildman–Crippen MR) is 71.7 cm³/mol. The molecule has 0 radical (unpaired) electrons. The molecule has 1 N–H and O–H groups in total. The zero-order valence-electron chi connectivity index (χ0n) is 10.2. The Labute approximate surface area is 103 Å². The zero-order chi connectivity index (χ0) is 12.0. The molecule has 0 aliphatic rings. The van der Waals surface area contributed by atoms with Crippen LogP contribution in [0.1, 0.15) is 24.8 Å². The van der Waals surface area contributed by atoms with E-state index in [9.17, 15) is 0 Å². The summed E-state index contributed by atoms with van der Waals surface area (Å²) in [6.07, 6.45) is 5.20. The molecule has 1 aromatic rings. The van der Waals surface area contributed by atoms with Crippen LogP contribution in [0.25, 0.3) is 0 Å². The molecule has 0 aliphatic heterocycles. The molecule has 2 unspecified atom stereocenters. The summed E-state index contributed by atoms with van der Waals surface area (Å²) in [5, 5.41) is 5.37. The summed E-state index contributed by atoms with van der Waals surface area (Å²) in [4.78, 5) is 3.78. The fourth-order valence-electron chi connectivity index (χ4n) is 1.61. The van der Waals surface area contributed by atoms with Crippen molar-refractivity contribution < 1.29 is 0 Å². The Hall–Kier alpha value is -0.820. The fraction of sp³-hybridized carbons (Fsp3) is 0.538. The van der Waals surface area contributed by atoms with Crippen molar-refractivity contribution >= 4 is 11.3 Å². The van der Waals surface area contributed by atoms with Gasteiger partial charge in [-0.3, -0.25) is 4.90 Å². The summed E-state index contributed by atoms with van der Waals surface area (Å²) >= 11 is 1.81. The summed E-state index contributed by atoms with van der Waals surface area (Å²) in [7, 11) is 2.16. The number of nitrogens with one attached hydrogen (secondary N) is 1. The Bertz CT molecular complexity index is 326. The first kappa shape index (κ1) is 13.2. The van der Waals surface area contributed by atoms with Crippen molar-refractivity contribution in [1.29, 1.82) is 0 Å². The minimum absolute atomic E-state index is 0.461. The number of hydrogen-bond donors (Lipinski definition) is 1. The average molecular weight is 236 g/mol. The van der Waals surface area contributed by atoms with E-state index >= 15 is 0 Å². The van der Waals surface area contributed by atoms with Crippen LogP contribution >= 0.6 is 11.3 Å². The number of thiophene rings is 1. The van der Waals surface area contributed by atoms with Gasteiger partial charge >= 0.3 is 0 Å². The lowest BCUT2D eigenvalue weighted by molar-refractivity contribution is 0.197. The molecule has 0 aromatic carbocycles. The molecule has 2 nitrogen and oxygen atoms in total. The quantitative estimate of drug-likeness (QED) is 0.602. The van der Waals surface area contributed by atoms with Crippen molar-refractivity contribution in [3.63, 3.8) is 0 Å². The smallest absolute Gasteiger partial charge is 0.0574 e. The van der Waals surface area contributed by atoms with Gasteiger partial charge in [0.1, 0.15) is 0 Å². The van der Waals surface area contributed by atoms with Gasteiger partial charge in [0, 0.05) is 23.5 Å². The average Bonchev–Trinajstić information content (AvgIpc) is 2.80. The van der Waals surface area contributed by atoms with Gasteiger partial charge in [-0.05, 0) is 32.3 Å². The third kappa shape index (κ3) is 3.64. The van der Waals surface area contributed by atoms with Gasteiger partial charge in [0.25, 0.3) is 0 Å². The molecule has 16 heavy (non-hydrogen) atoms. The highest BCUT2D eigenvalue weighted by Crippen LogP contribution is 2.24. The van der Waals surface area contributed by atoms with Crippen molar-refractivity contribution in [1.82, 2.24) is 10.2 Å². The largest absolute Gasteiger partial charge is 0.305 e. The normalized spacial score (nSPS) is 14.7. The topological polar surface area (TPSA) is 15.3 Å². The van der Waals surface area contributed by atoms with Gasteiger partial charge in [0.05, 0.1) is 6.54 Å². The SMILES string of the molecule is C#CCNCC(C)N(C)C(C)c1cccs1. The molecular formula is C13H20N2S. The van der Waals surface area contributed by atoms with E-state index < -0.39 is 0 Å². The van der Waals surface area contributed by atoms with Crippen molar-refractivity contribution in [2.24, 2.45) is 0 Å². The summed E-state index contributed by atoms with van der Waals surface area (Å²) in [5.74, 6) is 2.59. The maximum Gasteiger partial charge on any atom is 0.0574 e. The summed E-state index contributed by atoms with van der Waals surface area (Å²) in [6, 6.07) is 5.23. The van der Waals surface area contributed by atoms with E-state index in [0.29, 0.717) is 18.6 Å². The van der Waals surface area contributed by atoms with E-state index in [1.807, 2.05) is 11.3 Å². The first-order valence-corrected chi connectivity index (χ1v) is 6.44. The van der Waals surface area contributed by atoms with Gasteiger partial charge in [0.2, 0.25) is 0 Å². The van der Waals surface area contributed by atoms with Gasteiger partial charge in [-0.15, -0.1) is 17.8 Å². The minimum atomic E-state index is 0.461. The number of rotatable bonds is 6. The lowest BCUT2D eigenvalue weighted by Crippen LogP contribution is -2.39. The van der Waals surface area contributed by atoms with Crippen LogP contribution in [-0.4, -0.2) is 31.1 Å². The second-order valence-electron chi connectivity index (χ2n) is 4.04. The fourth-order valence-corrected chi connectivity index (χ4v) is 2.44. The first-order valence-electron chi connectivity index (χ1n) is 5.56.